The Morgan fingerprint density at radius 3 is 2.67 bits per heavy atom. The molecule has 0 bridgehead atoms. The molecule has 1 heterocycles. The fourth-order valence-electron chi connectivity index (χ4n) is 2.62. The van der Waals surface area contributed by atoms with Gasteiger partial charge in [-0.3, -0.25) is 0 Å². The standard InChI is InChI=1S/C17H14Cl2N2O3/c1-10-4-2-3-5-13(10)24-9-8-21-16-11(15(20-23)17(21)22)6-7-12(18)14(16)19/h2-7,22H,8-9H2,1H3. The topological polar surface area (TPSA) is 63.8 Å². The van der Waals surface area contributed by atoms with Gasteiger partial charge in [0.15, 0.2) is 5.69 Å². The number of fused-ring (bicyclic) bond motifs is 1. The van der Waals surface area contributed by atoms with Gasteiger partial charge in [0.1, 0.15) is 12.4 Å². The Labute approximate surface area is 148 Å². The van der Waals surface area contributed by atoms with Crippen molar-refractivity contribution in [2.75, 3.05) is 6.61 Å². The van der Waals surface area contributed by atoms with Crippen LogP contribution in [0.3, 0.4) is 0 Å². The SMILES string of the molecule is Cc1ccccc1OCCn1c(O)c(N=O)c2ccc(Cl)c(Cl)c21. The average molecular weight is 365 g/mol. The molecule has 0 amide bonds. The predicted molar refractivity (Wildman–Crippen MR) is 95.8 cm³/mol. The fourth-order valence-corrected chi connectivity index (χ4v) is 3.04. The largest absolute Gasteiger partial charge is 0.493 e. The zero-order valence-corrected chi connectivity index (χ0v) is 14.3. The molecule has 0 unspecified atom stereocenters. The van der Waals surface area contributed by atoms with Gasteiger partial charge in [-0.1, -0.05) is 41.4 Å². The average Bonchev–Trinajstić information content (AvgIpc) is 2.85. The number of nitroso groups, excluding NO2 is 1. The summed E-state index contributed by atoms with van der Waals surface area (Å²) in [6.45, 7) is 2.51. The maximum atomic E-state index is 11.1. The van der Waals surface area contributed by atoms with Crippen molar-refractivity contribution in [1.29, 1.82) is 0 Å². The highest BCUT2D eigenvalue weighted by Crippen LogP contribution is 2.43. The van der Waals surface area contributed by atoms with E-state index in [0.29, 0.717) is 15.9 Å². The van der Waals surface area contributed by atoms with Crippen molar-refractivity contribution < 1.29 is 9.84 Å². The van der Waals surface area contributed by atoms with Crippen LogP contribution < -0.4 is 4.74 Å². The number of para-hydroxylation sites is 1. The molecule has 5 nitrogen and oxygen atoms in total. The van der Waals surface area contributed by atoms with Crippen molar-refractivity contribution in [3.8, 4) is 11.6 Å². The summed E-state index contributed by atoms with van der Waals surface area (Å²) in [6.07, 6.45) is 0. The number of halogens is 2. The van der Waals surface area contributed by atoms with Crippen LogP contribution in [0.1, 0.15) is 5.56 Å². The number of rotatable bonds is 5. The second kappa shape index (κ2) is 6.71. The molecule has 0 spiro atoms. The van der Waals surface area contributed by atoms with E-state index in [2.05, 4.69) is 5.18 Å². The number of hydrogen-bond acceptors (Lipinski definition) is 4. The lowest BCUT2D eigenvalue weighted by Crippen LogP contribution is -2.08. The minimum atomic E-state index is -0.252. The number of hydrogen-bond donors (Lipinski definition) is 1. The van der Waals surface area contributed by atoms with Gasteiger partial charge in [-0.25, -0.2) is 0 Å². The van der Waals surface area contributed by atoms with E-state index in [1.54, 1.807) is 12.1 Å². The van der Waals surface area contributed by atoms with Crippen LogP contribution in [0.4, 0.5) is 5.69 Å². The number of benzene rings is 2. The van der Waals surface area contributed by atoms with Gasteiger partial charge in [-0.05, 0) is 35.9 Å². The summed E-state index contributed by atoms with van der Waals surface area (Å²) >= 11 is 12.3. The smallest absolute Gasteiger partial charge is 0.222 e. The van der Waals surface area contributed by atoms with Crippen LogP contribution in [-0.4, -0.2) is 16.3 Å². The van der Waals surface area contributed by atoms with E-state index in [-0.39, 0.29) is 29.7 Å². The van der Waals surface area contributed by atoms with Gasteiger partial charge in [0.25, 0.3) is 0 Å². The molecule has 24 heavy (non-hydrogen) atoms. The Morgan fingerprint density at radius 2 is 1.96 bits per heavy atom. The van der Waals surface area contributed by atoms with Crippen LogP contribution in [-0.2, 0) is 6.54 Å². The number of ether oxygens (including phenoxy) is 1. The van der Waals surface area contributed by atoms with Crippen LogP contribution in [0.2, 0.25) is 10.0 Å². The molecule has 0 radical (unpaired) electrons. The van der Waals surface area contributed by atoms with Crippen molar-refractivity contribution in [1.82, 2.24) is 4.57 Å². The summed E-state index contributed by atoms with van der Waals surface area (Å²) in [4.78, 5) is 11.1. The molecular formula is C17H14Cl2N2O3. The number of nitrogens with zero attached hydrogens (tertiary/aromatic N) is 2. The minimum Gasteiger partial charge on any atom is -0.493 e. The quantitative estimate of drug-likeness (QED) is 0.613. The summed E-state index contributed by atoms with van der Waals surface area (Å²) in [5.74, 6) is 0.504. The Balaban J connectivity index is 1.94. The highest BCUT2D eigenvalue weighted by atomic mass is 35.5. The molecule has 0 aliphatic carbocycles. The van der Waals surface area contributed by atoms with Crippen LogP contribution in [0.5, 0.6) is 11.6 Å². The summed E-state index contributed by atoms with van der Waals surface area (Å²) < 4.78 is 7.23. The monoisotopic (exact) mass is 364 g/mol. The van der Waals surface area contributed by atoms with Gasteiger partial charge in [-0.2, -0.15) is 0 Å². The summed E-state index contributed by atoms with van der Waals surface area (Å²) in [6, 6.07) is 10.8. The fraction of sp³-hybridized carbons (Fsp3) is 0.176. The molecule has 2 aromatic carbocycles. The van der Waals surface area contributed by atoms with E-state index < -0.39 is 0 Å². The predicted octanol–water partition coefficient (Wildman–Crippen LogP) is 5.44. The molecule has 124 valence electrons. The Kier molecular flexibility index (Phi) is 4.64. The maximum absolute atomic E-state index is 11.1. The Morgan fingerprint density at radius 1 is 1.21 bits per heavy atom. The second-order valence-electron chi connectivity index (χ2n) is 5.29. The van der Waals surface area contributed by atoms with Crippen LogP contribution in [0.15, 0.2) is 41.6 Å². The molecule has 0 saturated heterocycles. The highest BCUT2D eigenvalue weighted by Gasteiger charge is 2.21. The van der Waals surface area contributed by atoms with Crippen molar-refractivity contribution in [3.05, 3.63) is 56.9 Å². The first-order valence-corrected chi connectivity index (χ1v) is 8.01. The van der Waals surface area contributed by atoms with Crippen molar-refractivity contribution >= 4 is 39.8 Å². The molecule has 3 rings (SSSR count). The van der Waals surface area contributed by atoms with Gasteiger partial charge in [0, 0.05) is 5.39 Å². The minimum absolute atomic E-state index is 0.0561. The normalized spacial score (nSPS) is 11.0. The third kappa shape index (κ3) is 2.81. The molecule has 0 aliphatic rings. The van der Waals surface area contributed by atoms with E-state index in [4.69, 9.17) is 27.9 Å². The first kappa shape index (κ1) is 16.6. The van der Waals surface area contributed by atoms with Gasteiger partial charge in [-0.15, -0.1) is 4.91 Å². The first-order chi connectivity index (χ1) is 11.5. The lowest BCUT2D eigenvalue weighted by Gasteiger charge is -2.11. The molecule has 0 atom stereocenters. The number of aromatic nitrogens is 1. The molecule has 0 aliphatic heterocycles. The van der Waals surface area contributed by atoms with Crippen LogP contribution >= 0.6 is 23.2 Å². The van der Waals surface area contributed by atoms with Crippen molar-refractivity contribution in [3.63, 3.8) is 0 Å². The summed E-state index contributed by atoms with van der Waals surface area (Å²) in [7, 11) is 0. The molecule has 0 fully saturated rings. The third-order valence-corrected chi connectivity index (χ3v) is 4.61. The van der Waals surface area contributed by atoms with Crippen LogP contribution in [0, 0.1) is 11.8 Å². The first-order valence-electron chi connectivity index (χ1n) is 7.25. The summed E-state index contributed by atoms with van der Waals surface area (Å²) in [5, 5.41) is 14.2. The maximum Gasteiger partial charge on any atom is 0.222 e. The van der Waals surface area contributed by atoms with Gasteiger partial charge in [0.05, 0.1) is 22.1 Å². The number of aromatic hydroxyl groups is 1. The van der Waals surface area contributed by atoms with Gasteiger partial charge in [0.2, 0.25) is 5.88 Å². The zero-order valence-electron chi connectivity index (χ0n) is 12.8. The van der Waals surface area contributed by atoms with E-state index in [0.717, 1.165) is 11.3 Å². The van der Waals surface area contributed by atoms with E-state index in [1.165, 1.54) is 4.57 Å². The lowest BCUT2D eigenvalue weighted by molar-refractivity contribution is 0.289. The van der Waals surface area contributed by atoms with Crippen molar-refractivity contribution in [2.24, 2.45) is 5.18 Å². The van der Waals surface area contributed by atoms with E-state index in [1.807, 2.05) is 31.2 Å². The third-order valence-electron chi connectivity index (χ3n) is 3.82. The second-order valence-corrected chi connectivity index (χ2v) is 6.07. The molecule has 0 saturated carbocycles. The molecule has 1 aromatic heterocycles. The summed E-state index contributed by atoms with van der Waals surface area (Å²) in [5.41, 5.74) is 1.42. The van der Waals surface area contributed by atoms with E-state index in [9.17, 15) is 10.0 Å². The van der Waals surface area contributed by atoms with Gasteiger partial charge >= 0.3 is 0 Å². The molecule has 7 heteroatoms. The van der Waals surface area contributed by atoms with Crippen LogP contribution in [0.25, 0.3) is 10.9 Å². The number of aryl methyl sites for hydroxylation is 1. The Bertz CT molecular complexity index is 922. The zero-order chi connectivity index (χ0) is 17.3. The molecular weight excluding hydrogens is 351 g/mol. The van der Waals surface area contributed by atoms with Crippen molar-refractivity contribution in [2.45, 2.75) is 13.5 Å². The van der Waals surface area contributed by atoms with Gasteiger partial charge < -0.3 is 14.4 Å². The lowest BCUT2D eigenvalue weighted by atomic mass is 10.2. The molecule has 1 N–H and O–H groups in total. The Hall–Kier alpha value is -2.24. The highest BCUT2D eigenvalue weighted by molar-refractivity contribution is 6.45. The van der Waals surface area contributed by atoms with E-state index >= 15 is 0 Å². The molecule has 3 aromatic rings.